The van der Waals surface area contributed by atoms with Crippen molar-refractivity contribution in [3.8, 4) is 11.5 Å². The molecule has 0 radical (unpaired) electrons. The minimum absolute atomic E-state index is 0.213. The van der Waals surface area contributed by atoms with Gasteiger partial charge in [-0.25, -0.2) is 9.78 Å². The van der Waals surface area contributed by atoms with Crippen LogP contribution < -0.4 is 14.8 Å². The SMILES string of the molecule is C=C(C)C(=O)OCOc1cccc(Cc2nc(Cc3cccc(OCO)c3)nc(Nc3ccccc3)n2)c1. The predicted octanol–water partition coefficient (Wildman–Crippen LogP) is 4.58. The molecule has 0 aliphatic rings. The molecule has 38 heavy (non-hydrogen) atoms. The van der Waals surface area contributed by atoms with E-state index in [9.17, 15) is 4.79 Å². The van der Waals surface area contributed by atoms with Crippen LogP contribution in [-0.2, 0) is 22.4 Å². The molecule has 0 fully saturated rings. The van der Waals surface area contributed by atoms with Crippen LogP contribution in [0.4, 0.5) is 11.6 Å². The van der Waals surface area contributed by atoms with Crippen LogP contribution in [0, 0.1) is 0 Å². The van der Waals surface area contributed by atoms with Gasteiger partial charge in [-0.3, -0.25) is 0 Å². The van der Waals surface area contributed by atoms with Crippen LogP contribution in [0.3, 0.4) is 0 Å². The molecule has 0 unspecified atom stereocenters. The Morgan fingerprint density at radius 3 is 2.03 bits per heavy atom. The third kappa shape index (κ3) is 7.87. The molecule has 0 aliphatic heterocycles. The Hall–Kier alpha value is -4.76. The van der Waals surface area contributed by atoms with E-state index < -0.39 is 12.8 Å². The molecule has 4 aromatic rings. The fraction of sp³-hybridized carbons (Fsp3) is 0.172. The summed E-state index contributed by atoms with van der Waals surface area (Å²) in [6.45, 7) is 4.51. The van der Waals surface area contributed by atoms with E-state index in [0.717, 1.165) is 16.8 Å². The number of ether oxygens (including phenoxy) is 3. The first-order valence-corrected chi connectivity index (χ1v) is 11.9. The second-order valence-corrected chi connectivity index (χ2v) is 8.38. The van der Waals surface area contributed by atoms with Crippen molar-refractivity contribution >= 4 is 17.6 Å². The number of hydrogen-bond acceptors (Lipinski definition) is 9. The summed E-state index contributed by atoms with van der Waals surface area (Å²) in [5.41, 5.74) is 3.00. The van der Waals surface area contributed by atoms with Gasteiger partial charge in [0.2, 0.25) is 12.7 Å². The van der Waals surface area contributed by atoms with Gasteiger partial charge in [0.15, 0.2) is 6.79 Å². The second-order valence-electron chi connectivity index (χ2n) is 8.38. The number of para-hydroxylation sites is 1. The van der Waals surface area contributed by atoms with Crippen molar-refractivity contribution in [3.05, 3.63) is 114 Å². The van der Waals surface area contributed by atoms with Gasteiger partial charge in [-0.2, -0.15) is 9.97 Å². The third-order valence-corrected chi connectivity index (χ3v) is 5.27. The number of anilines is 2. The monoisotopic (exact) mass is 512 g/mol. The van der Waals surface area contributed by atoms with Crippen LogP contribution in [0.5, 0.6) is 11.5 Å². The smallest absolute Gasteiger partial charge is 0.335 e. The molecule has 2 N–H and O–H groups in total. The van der Waals surface area contributed by atoms with Crippen molar-refractivity contribution in [2.45, 2.75) is 19.8 Å². The van der Waals surface area contributed by atoms with E-state index in [1.165, 1.54) is 0 Å². The first-order chi connectivity index (χ1) is 18.5. The number of benzene rings is 3. The molecule has 1 aromatic heterocycles. The van der Waals surface area contributed by atoms with Gasteiger partial charge in [-0.1, -0.05) is 49.0 Å². The highest BCUT2D eigenvalue weighted by molar-refractivity contribution is 5.86. The van der Waals surface area contributed by atoms with Crippen LogP contribution >= 0.6 is 0 Å². The zero-order valence-corrected chi connectivity index (χ0v) is 21.0. The fourth-order valence-corrected chi connectivity index (χ4v) is 3.54. The molecular weight excluding hydrogens is 484 g/mol. The molecule has 9 heteroatoms. The molecule has 0 saturated heterocycles. The Bertz CT molecular complexity index is 1390. The zero-order chi connectivity index (χ0) is 26.7. The van der Waals surface area contributed by atoms with E-state index in [1.54, 1.807) is 19.1 Å². The average Bonchev–Trinajstić information content (AvgIpc) is 2.90. The second kappa shape index (κ2) is 13.0. The maximum absolute atomic E-state index is 11.6. The lowest BCUT2D eigenvalue weighted by molar-refractivity contribution is -0.145. The minimum Gasteiger partial charge on any atom is -0.468 e. The van der Waals surface area contributed by atoms with Crippen molar-refractivity contribution in [2.75, 3.05) is 18.9 Å². The van der Waals surface area contributed by atoms with Gasteiger partial charge in [0.05, 0.1) is 0 Å². The normalized spacial score (nSPS) is 10.5. The average molecular weight is 513 g/mol. The van der Waals surface area contributed by atoms with Crippen LogP contribution in [0.1, 0.15) is 29.7 Å². The largest absolute Gasteiger partial charge is 0.468 e. The van der Waals surface area contributed by atoms with E-state index in [1.807, 2.05) is 66.7 Å². The summed E-state index contributed by atoms with van der Waals surface area (Å²) in [5.74, 6) is 2.18. The molecule has 0 bridgehead atoms. The van der Waals surface area contributed by atoms with E-state index in [2.05, 4.69) is 21.9 Å². The van der Waals surface area contributed by atoms with Gasteiger partial charge in [0, 0.05) is 24.1 Å². The Kier molecular flexibility index (Phi) is 8.98. The van der Waals surface area contributed by atoms with Gasteiger partial charge < -0.3 is 24.6 Å². The number of nitrogens with one attached hydrogen (secondary N) is 1. The summed E-state index contributed by atoms with van der Waals surface area (Å²) < 4.78 is 15.8. The number of aromatic nitrogens is 3. The minimum atomic E-state index is -0.509. The Morgan fingerprint density at radius 2 is 1.45 bits per heavy atom. The van der Waals surface area contributed by atoms with Gasteiger partial charge in [0.1, 0.15) is 23.1 Å². The van der Waals surface area contributed by atoms with Gasteiger partial charge in [-0.15, -0.1) is 0 Å². The molecule has 0 saturated carbocycles. The first-order valence-electron chi connectivity index (χ1n) is 11.9. The van der Waals surface area contributed by atoms with E-state index in [4.69, 9.17) is 24.3 Å². The summed E-state index contributed by atoms with van der Waals surface area (Å²) in [5, 5.41) is 12.3. The molecule has 4 rings (SSSR count). The Labute approximate surface area is 220 Å². The van der Waals surface area contributed by atoms with E-state index in [-0.39, 0.29) is 6.79 Å². The summed E-state index contributed by atoms with van der Waals surface area (Å²) in [6.07, 6.45) is 0.869. The maximum atomic E-state index is 11.6. The molecule has 1 heterocycles. The lowest BCUT2D eigenvalue weighted by atomic mass is 10.1. The number of hydrogen-bond donors (Lipinski definition) is 2. The summed E-state index contributed by atoms with van der Waals surface area (Å²) in [6, 6.07) is 24.5. The van der Waals surface area contributed by atoms with Gasteiger partial charge in [0.25, 0.3) is 0 Å². The van der Waals surface area contributed by atoms with Crippen LogP contribution in [0.15, 0.2) is 91.0 Å². The van der Waals surface area contributed by atoms with Crippen molar-refractivity contribution < 1.29 is 24.1 Å². The number of aliphatic hydroxyl groups excluding tert-OH is 1. The van der Waals surface area contributed by atoms with Crippen LogP contribution in [0.25, 0.3) is 0 Å². The lowest BCUT2D eigenvalue weighted by Gasteiger charge is -2.11. The Morgan fingerprint density at radius 1 is 0.842 bits per heavy atom. The highest BCUT2D eigenvalue weighted by Crippen LogP contribution is 2.20. The summed E-state index contributed by atoms with van der Waals surface area (Å²) >= 11 is 0. The molecule has 0 aliphatic carbocycles. The van der Waals surface area contributed by atoms with E-state index >= 15 is 0 Å². The topological polar surface area (TPSA) is 116 Å². The van der Waals surface area contributed by atoms with Gasteiger partial charge in [-0.05, 0) is 54.4 Å². The molecular formula is C29H28N4O5. The van der Waals surface area contributed by atoms with Crippen molar-refractivity contribution in [2.24, 2.45) is 0 Å². The maximum Gasteiger partial charge on any atom is 0.335 e. The number of nitrogens with zero attached hydrogens (tertiary/aromatic N) is 3. The molecule has 0 spiro atoms. The van der Waals surface area contributed by atoms with Crippen molar-refractivity contribution in [1.82, 2.24) is 15.0 Å². The number of esters is 1. The zero-order valence-electron chi connectivity index (χ0n) is 21.0. The highest BCUT2D eigenvalue weighted by atomic mass is 16.7. The van der Waals surface area contributed by atoms with Crippen molar-refractivity contribution in [3.63, 3.8) is 0 Å². The number of carbonyl (C=O) groups excluding carboxylic acids is 1. The third-order valence-electron chi connectivity index (χ3n) is 5.27. The van der Waals surface area contributed by atoms with E-state index in [0.29, 0.717) is 47.5 Å². The number of aliphatic hydroxyl groups is 1. The Balaban J connectivity index is 1.54. The number of carbonyl (C=O) groups is 1. The fourth-order valence-electron chi connectivity index (χ4n) is 3.54. The highest BCUT2D eigenvalue weighted by Gasteiger charge is 2.11. The predicted molar refractivity (Wildman–Crippen MR) is 142 cm³/mol. The molecule has 0 amide bonds. The summed E-state index contributed by atoms with van der Waals surface area (Å²) in [4.78, 5) is 25.5. The molecule has 3 aromatic carbocycles. The van der Waals surface area contributed by atoms with Crippen LogP contribution in [0.2, 0.25) is 0 Å². The van der Waals surface area contributed by atoms with Gasteiger partial charge >= 0.3 is 5.97 Å². The summed E-state index contributed by atoms with van der Waals surface area (Å²) in [7, 11) is 0. The first kappa shape index (κ1) is 26.3. The quantitative estimate of drug-likeness (QED) is 0.160. The molecule has 194 valence electrons. The molecule has 0 atom stereocenters. The van der Waals surface area contributed by atoms with Crippen LogP contribution in [-0.4, -0.2) is 39.6 Å². The number of rotatable bonds is 12. The van der Waals surface area contributed by atoms with Crippen molar-refractivity contribution in [1.29, 1.82) is 0 Å². The lowest BCUT2D eigenvalue weighted by Crippen LogP contribution is -2.11. The standard InChI is InChI=1S/C29H28N4O5/c1-20(2)28(35)38-19-37-25-13-7-9-22(15-25)17-27-31-26(16-21-8-6-12-24(14-21)36-18-34)32-29(33-27)30-23-10-4-3-5-11-23/h3-15,34H,1,16-19H2,2H3,(H,30,31,32,33). The molecule has 9 nitrogen and oxygen atoms in total.